The monoisotopic (exact) mass is 369 g/mol. The largest absolute Gasteiger partial charge is 0.492 e. The highest BCUT2D eigenvalue weighted by Crippen LogP contribution is 2.15. The molecule has 0 radical (unpaired) electrons. The summed E-state index contributed by atoms with van der Waals surface area (Å²) in [6.07, 6.45) is 0. The van der Waals surface area contributed by atoms with E-state index in [1.54, 1.807) is 29.6 Å². The second kappa shape index (κ2) is 9.34. The quantitative estimate of drug-likeness (QED) is 0.702. The standard InChI is InChI=1S/C18H19ClF2N2O2/c1-12(13-2-7-16(20)17(21)10-13)23-11-18(24)22-8-9-25-15-5-3-14(19)4-6-15/h2-7,10,12,23H,8-9,11H2,1H3,(H,22,24)/p+1/t12-/m1/s1. The van der Waals surface area contributed by atoms with Gasteiger partial charge in [-0.05, 0) is 49.4 Å². The molecule has 4 nitrogen and oxygen atoms in total. The molecule has 1 amide bonds. The van der Waals surface area contributed by atoms with Gasteiger partial charge in [-0.15, -0.1) is 0 Å². The van der Waals surface area contributed by atoms with Gasteiger partial charge in [0.15, 0.2) is 18.2 Å². The van der Waals surface area contributed by atoms with Crippen LogP contribution in [-0.2, 0) is 4.79 Å². The molecule has 0 saturated heterocycles. The maximum Gasteiger partial charge on any atom is 0.275 e. The minimum atomic E-state index is -0.887. The van der Waals surface area contributed by atoms with Gasteiger partial charge in [0.05, 0.1) is 6.54 Å². The van der Waals surface area contributed by atoms with E-state index in [9.17, 15) is 13.6 Å². The summed E-state index contributed by atoms with van der Waals surface area (Å²) in [6.45, 7) is 2.71. The first-order chi connectivity index (χ1) is 12.0. The first-order valence-electron chi connectivity index (χ1n) is 7.89. The Morgan fingerprint density at radius 3 is 2.60 bits per heavy atom. The molecule has 0 bridgehead atoms. The van der Waals surface area contributed by atoms with Crippen LogP contribution in [0, 0.1) is 11.6 Å². The topological polar surface area (TPSA) is 54.9 Å². The molecule has 0 aromatic heterocycles. The van der Waals surface area contributed by atoms with Crippen LogP contribution in [0.5, 0.6) is 5.75 Å². The first-order valence-corrected chi connectivity index (χ1v) is 8.27. The van der Waals surface area contributed by atoms with E-state index in [1.165, 1.54) is 6.07 Å². The Morgan fingerprint density at radius 2 is 1.92 bits per heavy atom. The van der Waals surface area contributed by atoms with Crippen molar-refractivity contribution >= 4 is 17.5 Å². The fourth-order valence-corrected chi connectivity index (χ4v) is 2.30. The van der Waals surface area contributed by atoms with Crippen molar-refractivity contribution < 1.29 is 23.6 Å². The van der Waals surface area contributed by atoms with E-state index in [2.05, 4.69) is 5.32 Å². The Labute approximate surface area is 150 Å². The first kappa shape index (κ1) is 19.1. The maximum absolute atomic E-state index is 13.2. The third kappa shape index (κ3) is 6.32. The molecule has 134 valence electrons. The second-order valence-corrected chi connectivity index (χ2v) is 5.99. The third-order valence-electron chi connectivity index (χ3n) is 3.63. The summed E-state index contributed by atoms with van der Waals surface area (Å²) in [5.41, 5.74) is 0.623. The number of nitrogens with two attached hydrogens (primary N) is 1. The van der Waals surface area contributed by atoms with Gasteiger partial charge >= 0.3 is 0 Å². The van der Waals surface area contributed by atoms with Crippen LogP contribution < -0.4 is 15.4 Å². The molecular formula is C18H20ClF2N2O2+. The molecule has 3 N–H and O–H groups in total. The summed E-state index contributed by atoms with van der Waals surface area (Å²) in [5, 5.41) is 5.12. The van der Waals surface area contributed by atoms with Crippen molar-refractivity contribution in [1.29, 1.82) is 0 Å². The van der Waals surface area contributed by atoms with Gasteiger partial charge < -0.3 is 15.4 Å². The average Bonchev–Trinajstić information content (AvgIpc) is 2.60. The number of carbonyl (C=O) groups excluding carboxylic acids is 1. The van der Waals surface area contributed by atoms with E-state index in [-0.39, 0.29) is 18.5 Å². The zero-order chi connectivity index (χ0) is 18.2. The van der Waals surface area contributed by atoms with E-state index in [1.807, 2.05) is 6.92 Å². The highest BCUT2D eigenvalue weighted by Gasteiger charge is 2.13. The van der Waals surface area contributed by atoms with Crippen molar-refractivity contribution in [2.45, 2.75) is 13.0 Å². The van der Waals surface area contributed by atoms with Gasteiger partial charge in [0.2, 0.25) is 0 Å². The highest BCUT2D eigenvalue weighted by molar-refractivity contribution is 6.30. The van der Waals surface area contributed by atoms with E-state index in [4.69, 9.17) is 16.3 Å². The molecule has 25 heavy (non-hydrogen) atoms. The number of amides is 1. The van der Waals surface area contributed by atoms with E-state index in [0.29, 0.717) is 29.5 Å². The van der Waals surface area contributed by atoms with Gasteiger partial charge in [0, 0.05) is 10.6 Å². The molecule has 0 aliphatic heterocycles. The molecule has 0 unspecified atom stereocenters. The molecule has 2 aromatic carbocycles. The van der Waals surface area contributed by atoms with Crippen LogP contribution in [0.25, 0.3) is 0 Å². The zero-order valence-electron chi connectivity index (χ0n) is 13.8. The van der Waals surface area contributed by atoms with Crippen molar-refractivity contribution in [1.82, 2.24) is 5.32 Å². The number of nitrogens with one attached hydrogen (secondary N) is 1. The Balaban J connectivity index is 1.66. The third-order valence-corrected chi connectivity index (χ3v) is 3.88. The minimum Gasteiger partial charge on any atom is -0.492 e. The zero-order valence-corrected chi connectivity index (χ0v) is 14.5. The summed E-state index contributed by atoms with van der Waals surface area (Å²) in [5.74, 6) is -1.25. The molecule has 0 spiro atoms. The molecule has 7 heteroatoms. The van der Waals surface area contributed by atoms with Gasteiger partial charge in [-0.1, -0.05) is 11.6 Å². The van der Waals surface area contributed by atoms with Gasteiger partial charge in [0.25, 0.3) is 5.91 Å². The van der Waals surface area contributed by atoms with Crippen LogP contribution in [0.15, 0.2) is 42.5 Å². The van der Waals surface area contributed by atoms with Crippen LogP contribution in [0.2, 0.25) is 5.02 Å². The van der Waals surface area contributed by atoms with Gasteiger partial charge in [0.1, 0.15) is 18.4 Å². The molecule has 0 aliphatic rings. The Kier molecular flexibility index (Phi) is 7.16. The normalized spacial score (nSPS) is 11.8. The lowest BCUT2D eigenvalue weighted by atomic mass is 10.1. The number of halogens is 3. The summed E-state index contributed by atoms with van der Waals surface area (Å²) in [7, 11) is 0. The highest BCUT2D eigenvalue weighted by atomic mass is 35.5. The average molecular weight is 370 g/mol. The lowest BCUT2D eigenvalue weighted by Crippen LogP contribution is -2.87. The summed E-state index contributed by atoms with van der Waals surface area (Å²) >= 11 is 5.78. The smallest absolute Gasteiger partial charge is 0.275 e. The SMILES string of the molecule is C[C@@H]([NH2+]CC(=O)NCCOc1ccc(Cl)cc1)c1ccc(F)c(F)c1. The Morgan fingerprint density at radius 1 is 1.20 bits per heavy atom. The number of hydrogen-bond donors (Lipinski definition) is 2. The van der Waals surface area contributed by atoms with Crippen LogP contribution in [-0.4, -0.2) is 25.6 Å². The second-order valence-electron chi connectivity index (χ2n) is 5.55. The van der Waals surface area contributed by atoms with Gasteiger partial charge in [-0.3, -0.25) is 4.79 Å². The number of carbonyl (C=O) groups is 1. The fourth-order valence-electron chi connectivity index (χ4n) is 2.18. The predicted molar refractivity (Wildman–Crippen MR) is 91.5 cm³/mol. The van der Waals surface area contributed by atoms with E-state index >= 15 is 0 Å². The molecular weight excluding hydrogens is 350 g/mol. The van der Waals surface area contributed by atoms with Crippen molar-refractivity contribution in [2.24, 2.45) is 0 Å². The van der Waals surface area contributed by atoms with Crippen LogP contribution in [0.4, 0.5) is 8.78 Å². The Bertz CT molecular complexity index is 711. The van der Waals surface area contributed by atoms with Gasteiger partial charge in [-0.25, -0.2) is 8.78 Å². The fraction of sp³-hybridized carbons (Fsp3) is 0.278. The minimum absolute atomic E-state index is 0.158. The number of hydrogen-bond acceptors (Lipinski definition) is 2. The molecule has 1 atom stereocenters. The number of ether oxygens (including phenoxy) is 1. The van der Waals surface area contributed by atoms with Gasteiger partial charge in [-0.2, -0.15) is 0 Å². The molecule has 0 fully saturated rings. The summed E-state index contributed by atoms with van der Waals surface area (Å²) < 4.78 is 31.6. The molecule has 0 saturated carbocycles. The summed E-state index contributed by atoms with van der Waals surface area (Å²) in [4.78, 5) is 11.8. The van der Waals surface area contributed by atoms with Crippen molar-refractivity contribution in [3.8, 4) is 5.75 Å². The van der Waals surface area contributed by atoms with Crippen molar-refractivity contribution in [3.05, 3.63) is 64.7 Å². The van der Waals surface area contributed by atoms with Crippen molar-refractivity contribution in [2.75, 3.05) is 19.7 Å². The number of quaternary nitrogens is 1. The molecule has 0 heterocycles. The van der Waals surface area contributed by atoms with Crippen LogP contribution in [0.1, 0.15) is 18.5 Å². The van der Waals surface area contributed by atoms with Crippen LogP contribution >= 0.6 is 11.6 Å². The van der Waals surface area contributed by atoms with E-state index in [0.717, 1.165) is 12.1 Å². The molecule has 2 aromatic rings. The lowest BCUT2D eigenvalue weighted by Gasteiger charge is -2.12. The Hall–Kier alpha value is -2.18. The van der Waals surface area contributed by atoms with Crippen LogP contribution in [0.3, 0.4) is 0 Å². The maximum atomic E-state index is 13.2. The lowest BCUT2D eigenvalue weighted by molar-refractivity contribution is -0.682. The summed E-state index contributed by atoms with van der Waals surface area (Å²) in [6, 6.07) is 10.5. The van der Waals surface area contributed by atoms with Crippen molar-refractivity contribution in [3.63, 3.8) is 0 Å². The predicted octanol–water partition coefficient (Wildman–Crippen LogP) is 2.44. The van der Waals surface area contributed by atoms with E-state index < -0.39 is 11.6 Å². The number of benzene rings is 2. The molecule has 0 aliphatic carbocycles. The number of rotatable bonds is 8. The molecule has 2 rings (SSSR count).